The Labute approximate surface area is 197 Å². The van der Waals surface area contributed by atoms with E-state index in [0.29, 0.717) is 59.0 Å². The minimum Gasteiger partial charge on any atom is -0.495 e. The van der Waals surface area contributed by atoms with E-state index in [1.165, 1.54) is 0 Å². The summed E-state index contributed by atoms with van der Waals surface area (Å²) >= 11 is 5.40. The topological polar surface area (TPSA) is 99.6 Å². The van der Waals surface area contributed by atoms with Crippen LogP contribution < -0.4 is 24.3 Å². The molecule has 1 heterocycles. The Hall–Kier alpha value is -3.53. The molecule has 0 aliphatic rings. The molecular formula is C23H28N4O5S. The number of aromatic nitrogens is 3. The number of hydrogen-bond donors (Lipinski definition) is 2. The maximum absolute atomic E-state index is 13.0. The SMILES string of the molecule is CCOc1cc(C(=O)NCc2n[nH]c(=S)n2-c2ccccc2OC)cc(OCC)c1OCC. The molecule has 0 atom stereocenters. The Morgan fingerprint density at radius 3 is 2.27 bits per heavy atom. The number of aromatic amines is 1. The van der Waals surface area contributed by atoms with Crippen molar-refractivity contribution in [2.24, 2.45) is 0 Å². The molecule has 33 heavy (non-hydrogen) atoms. The Morgan fingerprint density at radius 1 is 1.03 bits per heavy atom. The van der Waals surface area contributed by atoms with E-state index in [-0.39, 0.29) is 12.5 Å². The van der Waals surface area contributed by atoms with Gasteiger partial charge in [0.25, 0.3) is 5.91 Å². The van der Waals surface area contributed by atoms with Crippen molar-refractivity contribution in [1.82, 2.24) is 20.1 Å². The van der Waals surface area contributed by atoms with Crippen LogP contribution in [0, 0.1) is 4.77 Å². The van der Waals surface area contributed by atoms with Crippen molar-refractivity contribution >= 4 is 18.1 Å². The standard InChI is InChI=1S/C23H28N4O5S/c1-5-30-18-12-15(13-19(31-6-2)21(18)32-7-3)22(28)24-14-20-25-26-23(33)27(20)16-10-8-9-11-17(16)29-4/h8-13H,5-7,14H2,1-4H3,(H,24,28)(H,26,33). The predicted molar refractivity (Wildman–Crippen MR) is 126 cm³/mol. The molecule has 2 aromatic carbocycles. The lowest BCUT2D eigenvalue weighted by Crippen LogP contribution is -2.25. The number of rotatable bonds is 11. The molecule has 2 N–H and O–H groups in total. The second kappa shape index (κ2) is 11.4. The number of carbonyl (C=O) groups excluding carboxylic acids is 1. The summed E-state index contributed by atoms with van der Waals surface area (Å²) in [6, 6.07) is 10.7. The highest BCUT2D eigenvalue weighted by molar-refractivity contribution is 7.71. The lowest BCUT2D eigenvalue weighted by Gasteiger charge is -2.17. The molecule has 0 fully saturated rings. The van der Waals surface area contributed by atoms with Crippen molar-refractivity contribution in [2.45, 2.75) is 27.3 Å². The first kappa shape index (κ1) is 24.1. The van der Waals surface area contributed by atoms with Crippen LogP contribution in [0.3, 0.4) is 0 Å². The van der Waals surface area contributed by atoms with E-state index in [0.717, 1.165) is 5.69 Å². The fourth-order valence-corrected chi connectivity index (χ4v) is 3.54. The zero-order valence-electron chi connectivity index (χ0n) is 19.1. The molecule has 3 aromatic rings. The van der Waals surface area contributed by atoms with Gasteiger partial charge in [-0.25, -0.2) is 0 Å². The lowest BCUT2D eigenvalue weighted by atomic mass is 10.1. The second-order valence-electron chi connectivity index (χ2n) is 6.74. The van der Waals surface area contributed by atoms with Crippen molar-refractivity contribution in [3.63, 3.8) is 0 Å². The van der Waals surface area contributed by atoms with E-state index in [1.54, 1.807) is 23.8 Å². The van der Waals surface area contributed by atoms with Crippen molar-refractivity contribution in [2.75, 3.05) is 26.9 Å². The number of nitrogens with one attached hydrogen (secondary N) is 2. The van der Waals surface area contributed by atoms with Crippen molar-refractivity contribution in [3.8, 4) is 28.7 Å². The number of amides is 1. The first-order valence-corrected chi connectivity index (χ1v) is 11.1. The highest BCUT2D eigenvalue weighted by atomic mass is 32.1. The van der Waals surface area contributed by atoms with E-state index in [4.69, 9.17) is 31.2 Å². The minimum atomic E-state index is -0.319. The average Bonchev–Trinajstić information content (AvgIpc) is 3.19. The molecule has 0 radical (unpaired) electrons. The van der Waals surface area contributed by atoms with E-state index >= 15 is 0 Å². The van der Waals surface area contributed by atoms with Gasteiger partial charge < -0.3 is 24.3 Å². The Morgan fingerprint density at radius 2 is 1.67 bits per heavy atom. The third-order valence-corrected chi connectivity index (χ3v) is 4.92. The summed E-state index contributed by atoms with van der Waals surface area (Å²) in [6.45, 7) is 7.02. The van der Waals surface area contributed by atoms with E-state index in [9.17, 15) is 4.79 Å². The Kier molecular flexibility index (Phi) is 8.31. The normalized spacial score (nSPS) is 10.5. The number of hydrogen-bond acceptors (Lipinski definition) is 7. The third kappa shape index (κ3) is 5.46. The molecule has 0 aliphatic heterocycles. The van der Waals surface area contributed by atoms with Crippen LogP contribution in [0.15, 0.2) is 36.4 Å². The van der Waals surface area contributed by atoms with Crippen LogP contribution in [0.5, 0.6) is 23.0 Å². The van der Waals surface area contributed by atoms with E-state index in [2.05, 4.69) is 15.5 Å². The summed E-state index contributed by atoms with van der Waals surface area (Å²) in [5.74, 6) is 2.23. The van der Waals surface area contributed by atoms with E-state index in [1.807, 2.05) is 45.0 Å². The van der Waals surface area contributed by atoms with Crippen molar-refractivity contribution in [1.29, 1.82) is 0 Å². The summed E-state index contributed by atoms with van der Waals surface area (Å²) in [4.78, 5) is 13.0. The fourth-order valence-electron chi connectivity index (χ4n) is 3.29. The summed E-state index contributed by atoms with van der Waals surface area (Å²) in [5.41, 5.74) is 1.10. The largest absolute Gasteiger partial charge is 0.495 e. The predicted octanol–water partition coefficient (Wildman–Crippen LogP) is 4.06. The number of para-hydroxylation sites is 2. The van der Waals surface area contributed by atoms with Gasteiger partial charge in [-0.15, -0.1) is 0 Å². The highest BCUT2D eigenvalue weighted by Crippen LogP contribution is 2.39. The molecule has 0 saturated heterocycles. The first-order chi connectivity index (χ1) is 16.0. The fraction of sp³-hybridized carbons (Fsp3) is 0.348. The maximum atomic E-state index is 13.0. The van der Waals surface area contributed by atoms with Gasteiger partial charge in [0, 0.05) is 5.56 Å². The lowest BCUT2D eigenvalue weighted by molar-refractivity contribution is 0.0948. The molecule has 0 unspecified atom stereocenters. The molecule has 176 valence electrons. The van der Waals surface area contributed by atoms with Crippen LogP contribution >= 0.6 is 12.2 Å². The molecule has 10 heteroatoms. The van der Waals surface area contributed by atoms with Crippen molar-refractivity contribution < 1.29 is 23.7 Å². The van der Waals surface area contributed by atoms with Gasteiger partial charge >= 0.3 is 0 Å². The molecular weight excluding hydrogens is 444 g/mol. The van der Waals surface area contributed by atoms with Crippen LogP contribution in [0.4, 0.5) is 0 Å². The molecule has 9 nitrogen and oxygen atoms in total. The number of ether oxygens (including phenoxy) is 4. The first-order valence-electron chi connectivity index (χ1n) is 10.7. The third-order valence-electron chi connectivity index (χ3n) is 4.65. The van der Waals surface area contributed by atoms with Crippen LogP contribution in [0.1, 0.15) is 37.0 Å². The van der Waals surface area contributed by atoms with Crippen LogP contribution in [0.2, 0.25) is 0 Å². The molecule has 0 saturated carbocycles. The Bertz CT molecular complexity index is 1130. The Balaban J connectivity index is 1.88. The van der Waals surface area contributed by atoms with Gasteiger partial charge in [0.1, 0.15) is 5.75 Å². The monoisotopic (exact) mass is 472 g/mol. The smallest absolute Gasteiger partial charge is 0.251 e. The maximum Gasteiger partial charge on any atom is 0.251 e. The van der Waals surface area contributed by atoms with Gasteiger partial charge in [-0.2, -0.15) is 5.10 Å². The molecule has 0 bridgehead atoms. The zero-order chi connectivity index (χ0) is 23.8. The summed E-state index contributed by atoms with van der Waals surface area (Å²) in [6.07, 6.45) is 0. The number of methoxy groups -OCH3 is 1. The molecule has 0 spiro atoms. The molecule has 0 aliphatic carbocycles. The average molecular weight is 473 g/mol. The van der Waals surface area contributed by atoms with Crippen LogP contribution in [0.25, 0.3) is 5.69 Å². The van der Waals surface area contributed by atoms with Crippen LogP contribution in [-0.2, 0) is 6.54 Å². The summed E-state index contributed by atoms with van der Waals surface area (Å²) < 4.78 is 24.7. The number of benzene rings is 2. The van der Waals surface area contributed by atoms with Gasteiger partial charge in [-0.3, -0.25) is 14.5 Å². The minimum absolute atomic E-state index is 0.130. The molecule has 1 amide bonds. The van der Waals surface area contributed by atoms with E-state index < -0.39 is 0 Å². The van der Waals surface area contributed by atoms with Gasteiger partial charge in [-0.05, 0) is 57.3 Å². The quantitative estimate of drug-likeness (QED) is 0.406. The highest BCUT2D eigenvalue weighted by Gasteiger charge is 2.19. The summed E-state index contributed by atoms with van der Waals surface area (Å²) in [5, 5.41) is 9.93. The number of carbonyl (C=O) groups is 1. The second-order valence-corrected chi connectivity index (χ2v) is 7.12. The number of nitrogens with zero attached hydrogens (tertiary/aromatic N) is 2. The molecule has 3 rings (SSSR count). The van der Waals surface area contributed by atoms with Crippen LogP contribution in [-0.4, -0.2) is 47.6 Å². The summed E-state index contributed by atoms with van der Waals surface area (Å²) in [7, 11) is 1.59. The van der Waals surface area contributed by atoms with Gasteiger partial charge in [0.15, 0.2) is 22.1 Å². The zero-order valence-corrected chi connectivity index (χ0v) is 20.0. The molecule has 1 aromatic heterocycles. The van der Waals surface area contributed by atoms with Gasteiger partial charge in [0.05, 0.1) is 39.2 Å². The van der Waals surface area contributed by atoms with Gasteiger partial charge in [0.2, 0.25) is 5.75 Å². The number of H-pyrrole nitrogens is 1. The van der Waals surface area contributed by atoms with Crippen molar-refractivity contribution in [3.05, 3.63) is 52.6 Å². The van der Waals surface area contributed by atoms with Gasteiger partial charge in [-0.1, -0.05) is 12.1 Å².